The number of hydrogen-bond acceptors (Lipinski definition) is 2. The highest BCUT2D eigenvalue weighted by Gasteiger charge is 2.56. The first-order valence-electron chi connectivity index (χ1n) is 9.14. The van der Waals surface area contributed by atoms with Crippen LogP contribution in [0.4, 0.5) is 0 Å². The Hall–Kier alpha value is -0.0800. The highest BCUT2D eigenvalue weighted by molar-refractivity contribution is 5.10. The topological polar surface area (TPSA) is 21.3 Å². The van der Waals surface area contributed by atoms with Crippen molar-refractivity contribution >= 4 is 0 Å². The Morgan fingerprint density at radius 3 is 2.45 bits per heavy atom. The van der Waals surface area contributed by atoms with E-state index in [-0.39, 0.29) is 0 Å². The SMILES string of the molecule is CCOC1CC(NC(C)C2CCCCC2)C12CCCC2. The van der Waals surface area contributed by atoms with Gasteiger partial charge in [0.15, 0.2) is 0 Å². The Bertz CT molecular complexity index is 305. The molecule has 3 rings (SSSR count). The summed E-state index contributed by atoms with van der Waals surface area (Å²) in [6.45, 7) is 5.47. The van der Waals surface area contributed by atoms with Crippen molar-refractivity contribution in [3.8, 4) is 0 Å². The summed E-state index contributed by atoms with van der Waals surface area (Å²) in [5, 5.41) is 4.03. The van der Waals surface area contributed by atoms with E-state index in [9.17, 15) is 0 Å². The first kappa shape index (κ1) is 14.8. The quantitative estimate of drug-likeness (QED) is 0.811. The average Bonchev–Trinajstić information content (AvgIpc) is 2.99. The van der Waals surface area contributed by atoms with Gasteiger partial charge in [0.25, 0.3) is 0 Å². The lowest BCUT2D eigenvalue weighted by atomic mass is 9.60. The van der Waals surface area contributed by atoms with Crippen LogP contribution in [-0.4, -0.2) is 24.8 Å². The lowest BCUT2D eigenvalue weighted by molar-refractivity contribution is -0.133. The predicted molar refractivity (Wildman–Crippen MR) is 83.9 cm³/mol. The molecule has 1 spiro atoms. The van der Waals surface area contributed by atoms with Gasteiger partial charge in [0.1, 0.15) is 0 Å². The van der Waals surface area contributed by atoms with Crippen LogP contribution in [-0.2, 0) is 4.74 Å². The van der Waals surface area contributed by atoms with Crippen LogP contribution < -0.4 is 5.32 Å². The summed E-state index contributed by atoms with van der Waals surface area (Å²) in [6.07, 6.45) is 14.7. The van der Waals surface area contributed by atoms with E-state index in [1.807, 2.05) is 0 Å². The van der Waals surface area contributed by atoms with Crippen LogP contribution in [0.5, 0.6) is 0 Å². The van der Waals surface area contributed by atoms with Gasteiger partial charge in [-0.3, -0.25) is 0 Å². The molecule has 20 heavy (non-hydrogen) atoms. The van der Waals surface area contributed by atoms with Crippen molar-refractivity contribution < 1.29 is 4.74 Å². The average molecular weight is 279 g/mol. The molecule has 116 valence electrons. The maximum Gasteiger partial charge on any atom is 0.0661 e. The van der Waals surface area contributed by atoms with Gasteiger partial charge in [0.2, 0.25) is 0 Å². The minimum atomic E-state index is 0.499. The molecule has 3 saturated carbocycles. The zero-order valence-electron chi connectivity index (χ0n) is 13.5. The molecule has 0 aromatic rings. The van der Waals surface area contributed by atoms with Crippen LogP contribution in [0.3, 0.4) is 0 Å². The third kappa shape index (κ3) is 2.66. The molecule has 3 fully saturated rings. The lowest BCUT2D eigenvalue weighted by Crippen LogP contribution is -2.64. The fraction of sp³-hybridized carbons (Fsp3) is 1.00. The smallest absolute Gasteiger partial charge is 0.0661 e. The van der Waals surface area contributed by atoms with E-state index in [0.717, 1.165) is 18.6 Å². The summed E-state index contributed by atoms with van der Waals surface area (Å²) >= 11 is 0. The minimum Gasteiger partial charge on any atom is -0.378 e. The molecule has 3 atom stereocenters. The van der Waals surface area contributed by atoms with E-state index in [1.54, 1.807) is 0 Å². The normalized spacial score (nSPS) is 35.1. The standard InChI is InChI=1S/C18H33NO/c1-3-20-17-13-16(18(17)11-7-8-12-18)19-14(2)15-9-5-4-6-10-15/h14-17,19H,3-13H2,1-2H3. The Labute approximate surface area is 125 Å². The van der Waals surface area contributed by atoms with Gasteiger partial charge in [-0.25, -0.2) is 0 Å². The molecule has 0 aromatic heterocycles. The highest BCUT2D eigenvalue weighted by atomic mass is 16.5. The maximum atomic E-state index is 6.03. The molecule has 3 aliphatic rings. The van der Waals surface area contributed by atoms with Gasteiger partial charge in [-0.05, 0) is 51.9 Å². The van der Waals surface area contributed by atoms with Crippen LogP contribution in [0.25, 0.3) is 0 Å². The van der Waals surface area contributed by atoms with E-state index in [0.29, 0.717) is 17.6 Å². The van der Waals surface area contributed by atoms with E-state index in [2.05, 4.69) is 19.2 Å². The molecule has 0 saturated heterocycles. The minimum absolute atomic E-state index is 0.499. The first-order chi connectivity index (χ1) is 9.76. The van der Waals surface area contributed by atoms with E-state index in [1.165, 1.54) is 64.2 Å². The number of nitrogens with one attached hydrogen (secondary N) is 1. The van der Waals surface area contributed by atoms with Gasteiger partial charge in [-0.2, -0.15) is 0 Å². The van der Waals surface area contributed by atoms with Gasteiger partial charge in [0.05, 0.1) is 6.10 Å². The van der Waals surface area contributed by atoms with Crippen molar-refractivity contribution in [1.82, 2.24) is 5.32 Å². The molecule has 0 radical (unpaired) electrons. The van der Waals surface area contributed by atoms with Crippen molar-refractivity contribution in [2.24, 2.45) is 11.3 Å². The van der Waals surface area contributed by atoms with E-state index < -0.39 is 0 Å². The summed E-state index contributed by atoms with van der Waals surface area (Å²) in [5.41, 5.74) is 0.499. The van der Waals surface area contributed by atoms with Crippen LogP contribution in [0, 0.1) is 11.3 Å². The largest absolute Gasteiger partial charge is 0.378 e. The fourth-order valence-corrected chi connectivity index (χ4v) is 5.21. The summed E-state index contributed by atoms with van der Waals surface area (Å²) in [6, 6.07) is 1.44. The second-order valence-corrected chi connectivity index (χ2v) is 7.53. The van der Waals surface area contributed by atoms with Gasteiger partial charge in [-0.15, -0.1) is 0 Å². The van der Waals surface area contributed by atoms with Crippen LogP contribution in [0.15, 0.2) is 0 Å². The molecule has 0 heterocycles. The summed E-state index contributed by atoms with van der Waals surface area (Å²) in [5.74, 6) is 0.924. The third-order valence-electron chi connectivity index (χ3n) is 6.51. The molecule has 3 aliphatic carbocycles. The summed E-state index contributed by atoms with van der Waals surface area (Å²) in [4.78, 5) is 0. The lowest BCUT2D eigenvalue weighted by Gasteiger charge is -2.55. The van der Waals surface area contributed by atoms with Crippen molar-refractivity contribution in [3.05, 3.63) is 0 Å². The zero-order valence-corrected chi connectivity index (χ0v) is 13.5. The second kappa shape index (κ2) is 6.36. The van der Waals surface area contributed by atoms with Gasteiger partial charge in [-0.1, -0.05) is 32.1 Å². The molecule has 0 aliphatic heterocycles. The Morgan fingerprint density at radius 1 is 1.10 bits per heavy atom. The molecular weight excluding hydrogens is 246 g/mol. The Morgan fingerprint density at radius 2 is 1.80 bits per heavy atom. The van der Waals surface area contributed by atoms with Gasteiger partial charge < -0.3 is 10.1 Å². The number of ether oxygens (including phenoxy) is 1. The number of rotatable bonds is 5. The molecular formula is C18H33NO. The van der Waals surface area contributed by atoms with Crippen LogP contribution in [0.2, 0.25) is 0 Å². The first-order valence-corrected chi connectivity index (χ1v) is 9.14. The van der Waals surface area contributed by atoms with Gasteiger partial charge in [0, 0.05) is 24.1 Å². The molecule has 0 aromatic carbocycles. The number of hydrogen-bond donors (Lipinski definition) is 1. The highest BCUT2D eigenvalue weighted by Crippen LogP contribution is 2.55. The van der Waals surface area contributed by atoms with Crippen molar-refractivity contribution in [1.29, 1.82) is 0 Å². The second-order valence-electron chi connectivity index (χ2n) is 7.53. The van der Waals surface area contributed by atoms with Crippen molar-refractivity contribution in [3.63, 3.8) is 0 Å². The Kier molecular flexibility index (Phi) is 4.72. The molecule has 2 nitrogen and oxygen atoms in total. The fourth-order valence-electron chi connectivity index (χ4n) is 5.21. The maximum absolute atomic E-state index is 6.03. The van der Waals surface area contributed by atoms with Gasteiger partial charge >= 0.3 is 0 Å². The molecule has 0 amide bonds. The van der Waals surface area contributed by atoms with Crippen molar-refractivity contribution in [2.75, 3.05) is 6.61 Å². The van der Waals surface area contributed by atoms with E-state index in [4.69, 9.17) is 4.74 Å². The summed E-state index contributed by atoms with van der Waals surface area (Å²) < 4.78 is 6.03. The molecule has 1 N–H and O–H groups in total. The van der Waals surface area contributed by atoms with Crippen molar-refractivity contribution in [2.45, 2.75) is 96.2 Å². The Balaban J connectivity index is 1.57. The van der Waals surface area contributed by atoms with Crippen LogP contribution >= 0.6 is 0 Å². The van der Waals surface area contributed by atoms with Crippen LogP contribution in [0.1, 0.15) is 78.1 Å². The third-order valence-corrected chi connectivity index (χ3v) is 6.51. The molecule has 2 heteroatoms. The van der Waals surface area contributed by atoms with E-state index >= 15 is 0 Å². The molecule has 0 bridgehead atoms. The predicted octanol–water partition coefficient (Wildman–Crippen LogP) is 4.28. The monoisotopic (exact) mass is 279 g/mol. The summed E-state index contributed by atoms with van der Waals surface area (Å²) in [7, 11) is 0. The zero-order chi connectivity index (χ0) is 14.0. The molecule has 3 unspecified atom stereocenters.